The van der Waals surface area contributed by atoms with Gasteiger partial charge in [-0.3, -0.25) is 4.79 Å². The Hall–Kier alpha value is -1.38. The lowest BCUT2D eigenvalue weighted by atomic mass is 9.89. The van der Waals surface area contributed by atoms with Gasteiger partial charge >= 0.3 is 0 Å². The summed E-state index contributed by atoms with van der Waals surface area (Å²) in [5.74, 6) is 1.56. The summed E-state index contributed by atoms with van der Waals surface area (Å²) in [6.45, 7) is 0.703. The van der Waals surface area contributed by atoms with Gasteiger partial charge in [0.25, 0.3) is 5.91 Å². The molecule has 96 valence electrons. The van der Waals surface area contributed by atoms with Gasteiger partial charge < -0.3 is 5.32 Å². The maximum Gasteiger partial charge on any atom is 0.254 e. The molecule has 0 aromatic heterocycles. The third-order valence-electron chi connectivity index (χ3n) is 4.53. The summed E-state index contributed by atoms with van der Waals surface area (Å²) in [6.07, 6.45) is 5.25. The molecule has 3 heteroatoms. The Kier molecular flexibility index (Phi) is 3.06. The second-order valence-electron chi connectivity index (χ2n) is 5.62. The van der Waals surface area contributed by atoms with E-state index < -0.39 is 5.82 Å². The molecule has 1 amide bonds. The highest BCUT2D eigenvalue weighted by atomic mass is 19.1. The highest BCUT2D eigenvalue weighted by Crippen LogP contribution is 2.47. The number of halogens is 1. The van der Waals surface area contributed by atoms with E-state index in [2.05, 4.69) is 5.32 Å². The lowest BCUT2D eigenvalue weighted by Crippen LogP contribution is -2.32. The second kappa shape index (κ2) is 4.71. The summed E-state index contributed by atoms with van der Waals surface area (Å²) >= 11 is 0. The maximum absolute atomic E-state index is 13.4. The number of nitrogens with one attached hydrogen (secondary N) is 1. The number of carbonyl (C=O) groups excluding carboxylic acids is 1. The van der Waals surface area contributed by atoms with Crippen molar-refractivity contribution in [1.82, 2.24) is 5.32 Å². The van der Waals surface area contributed by atoms with E-state index in [-0.39, 0.29) is 11.5 Å². The van der Waals surface area contributed by atoms with Crippen LogP contribution in [-0.2, 0) is 0 Å². The zero-order valence-electron chi connectivity index (χ0n) is 10.4. The van der Waals surface area contributed by atoms with E-state index in [0.29, 0.717) is 12.5 Å². The quantitative estimate of drug-likeness (QED) is 0.874. The third kappa shape index (κ3) is 2.14. The highest BCUT2D eigenvalue weighted by molar-refractivity contribution is 5.94. The lowest BCUT2D eigenvalue weighted by molar-refractivity contribution is 0.0937. The minimum Gasteiger partial charge on any atom is -0.352 e. The molecule has 2 aliphatic rings. The summed E-state index contributed by atoms with van der Waals surface area (Å²) in [7, 11) is 0. The van der Waals surface area contributed by atoms with Crippen LogP contribution in [0.1, 0.15) is 36.0 Å². The Morgan fingerprint density at radius 1 is 1.28 bits per heavy atom. The molecule has 3 rings (SSSR count). The number of amides is 1. The molecule has 0 heterocycles. The number of hydrogen-bond acceptors (Lipinski definition) is 1. The van der Waals surface area contributed by atoms with Crippen LogP contribution in [0.3, 0.4) is 0 Å². The van der Waals surface area contributed by atoms with E-state index in [0.717, 1.165) is 11.8 Å². The monoisotopic (exact) mass is 247 g/mol. The lowest BCUT2D eigenvalue weighted by Gasteiger charge is -2.21. The van der Waals surface area contributed by atoms with Gasteiger partial charge in [-0.1, -0.05) is 18.6 Å². The maximum atomic E-state index is 13.4. The molecule has 0 radical (unpaired) electrons. The van der Waals surface area contributed by atoms with Gasteiger partial charge in [-0.05, 0) is 49.1 Å². The van der Waals surface area contributed by atoms with Gasteiger partial charge in [0.15, 0.2) is 0 Å². The van der Waals surface area contributed by atoms with Crippen molar-refractivity contribution in [2.45, 2.75) is 25.7 Å². The van der Waals surface area contributed by atoms with E-state index in [9.17, 15) is 9.18 Å². The number of benzene rings is 1. The Labute approximate surface area is 107 Å². The van der Waals surface area contributed by atoms with Crippen LogP contribution in [0, 0.1) is 23.6 Å². The summed E-state index contributed by atoms with van der Waals surface area (Å²) < 4.78 is 13.4. The van der Waals surface area contributed by atoms with Crippen LogP contribution in [0.5, 0.6) is 0 Å². The van der Waals surface area contributed by atoms with Gasteiger partial charge in [0.2, 0.25) is 0 Å². The second-order valence-corrected chi connectivity index (χ2v) is 5.62. The van der Waals surface area contributed by atoms with Crippen molar-refractivity contribution in [3.63, 3.8) is 0 Å². The van der Waals surface area contributed by atoms with Crippen LogP contribution in [0.4, 0.5) is 4.39 Å². The van der Waals surface area contributed by atoms with Crippen LogP contribution < -0.4 is 5.32 Å². The summed E-state index contributed by atoms with van der Waals surface area (Å²) in [5.41, 5.74) is 0.153. The molecule has 1 N–H and O–H groups in total. The number of carbonyl (C=O) groups is 1. The third-order valence-corrected chi connectivity index (χ3v) is 4.53. The fourth-order valence-corrected chi connectivity index (χ4v) is 3.59. The Bertz CT molecular complexity index is 460. The molecule has 2 bridgehead atoms. The van der Waals surface area contributed by atoms with Gasteiger partial charge in [0.05, 0.1) is 5.56 Å². The predicted octanol–water partition coefficient (Wildman–Crippen LogP) is 2.99. The SMILES string of the molecule is O=C(NCC1CC2CCC1C2)c1ccccc1F. The molecular formula is C15H18FNO. The van der Waals surface area contributed by atoms with Crippen LogP contribution >= 0.6 is 0 Å². The molecule has 0 spiro atoms. The van der Waals surface area contributed by atoms with Crippen LogP contribution in [0.25, 0.3) is 0 Å². The minimum atomic E-state index is -0.442. The molecule has 18 heavy (non-hydrogen) atoms. The average Bonchev–Trinajstić information content (AvgIpc) is 2.98. The first kappa shape index (κ1) is 11.7. The molecule has 1 aromatic rings. The van der Waals surface area contributed by atoms with E-state index in [1.54, 1.807) is 12.1 Å². The molecule has 2 aliphatic carbocycles. The van der Waals surface area contributed by atoms with Gasteiger partial charge in [-0.25, -0.2) is 4.39 Å². The number of rotatable bonds is 3. The molecule has 3 atom stereocenters. The first-order valence-corrected chi connectivity index (χ1v) is 6.77. The molecule has 3 unspecified atom stereocenters. The predicted molar refractivity (Wildman–Crippen MR) is 67.7 cm³/mol. The standard InChI is InChI=1S/C15H18FNO/c16-14-4-2-1-3-13(14)15(18)17-9-12-8-10-5-6-11(12)7-10/h1-4,10-12H,5-9H2,(H,17,18). The normalized spacial score (nSPS) is 29.5. The first-order valence-electron chi connectivity index (χ1n) is 6.77. The molecule has 0 aliphatic heterocycles. The molecule has 2 saturated carbocycles. The summed E-state index contributed by atoms with van der Waals surface area (Å²) in [4.78, 5) is 11.9. The Balaban J connectivity index is 1.57. The topological polar surface area (TPSA) is 29.1 Å². The molecule has 2 fully saturated rings. The van der Waals surface area contributed by atoms with E-state index in [1.807, 2.05) is 0 Å². The largest absolute Gasteiger partial charge is 0.352 e. The molecule has 1 aromatic carbocycles. The summed E-state index contributed by atoms with van der Waals surface area (Å²) in [6, 6.07) is 6.15. The van der Waals surface area contributed by atoms with Crippen molar-refractivity contribution >= 4 is 5.91 Å². The zero-order chi connectivity index (χ0) is 12.5. The van der Waals surface area contributed by atoms with E-state index >= 15 is 0 Å². The van der Waals surface area contributed by atoms with Crippen molar-refractivity contribution in [1.29, 1.82) is 0 Å². The van der Waals surface area contributed by atoms with E-state index in [4.69, 9.17) is 0 Å². The van der Waals surface area contributed by atoms with Crippen LogP contribution in [0.2, 0.25) is 0 Å². The van der Waals surface area contributed by atoms with Crippen LogP contribution in [0.15, 0.2) is 24.3 Å². The van der Waals surface area contributed by atoms with Gasteiger partial charge in [0.1, 0.15) is 5.82 Å². The first-order chi connectivity index (χ1) is 8.74. The van der Waals surface area contributed by atoms with Crippen molar-refractivity contribution < 1.29 is 9.18 Å². The zero-order valence-corrected chi connectivity index (χ0v) is 10.4. The molecular weight excluding hydrogens is 229 g/mol. The molecule has 2 nitrogen and oxygen atoms in total. The Morgan fingerprint density at radius 3 is 2.78 bits per heavy atom. The van der Waals surface area contributed by atoms with E-state index in [1.165, 1.54) is 37.8 Å². The van der Waals surface area contributed by atoms with Gasteiger partial charge in [-0.2, -0.15) is 0 Å². The fourth-order valence-electron chi connectivity index (χ4n) is 3.59. The fraction of sp³-hybridized carbons (Fsp3) is 0.533. The van der Waals surface area contributed by atoms with Gasteiger partial charge in [0, 0.05) is 6.54 Å². The average molecular weight is 247 g/mol. The van der Waals surface area contributed by atoms with Crippen molar-refractivity contribution in [2.75, 3.05) is 6.54 Å². The van der Waals surface area contributed by atoms with Gasteiger partial charge in [-0.15, -0.1) is 0 Å². The highest BCUT2D eigenvalue weighted by Gasteiger charge is 2.39. The van der Waals surface area contributed by atoms with Crippen molar-refractivity contribution in [3.05, 3.63) is 35.6 Å². The number of hydrogen-bond donors (Lipinski definition) is 1. The van der Waals surface area contributed by atoms with Crippen molar-refractivity contribution in [3.8, 4) is 0 Å². The Morgan fingerprint density at radius 2 is 2.11 bits per heavy atom. The summed E-state index contributed by atoms with van der Waals surface area (Å²) in [5, 5.41) is 2.89. The number of fused-ring (bicyclic) bond motifs is 2. The van der Waals surface area contributed by atoms with Crippen LogP contribution in [-0.4, -0.2) is 12.5 Å². The molecule has 0 saturated heterocycles. The smallest absolute Gasteiger partial charge is 0.254 e. The minimum absolute atomic E-state index is 0.153. The van der Waals surface area contributed by atoms with Crippen molar-refractivity contribution in [2.24, 2.45) is 17.8 Å².